The molecule has 0 saturated carbocycles. The third-order valence-corrected chi connectivity index (χ3v) is 4.93. The van der Waals surface area contributed by atoms with E-state index in [1.54, 1.807) is 6.07 Å². The molecular formula is C20H18F4KNO3. The van der Waals surface area contributed by atoms with Crippen molar-refractivity contribution in [2.45, 2.75) is 30.7 Å². The molecule has 0 spiro atoms. The molecular weight excluding hydrogens is 417 g/mol. The molecule has 1 fully saturated rings. The zero-order chi connectivity index (χ0) is 20.5. The van der Waals surface area contributed by atoms with Gasteiger partial charge in [0, 0.05) is 19.5 Å². The number of likely N-dealkylation sites (tertiary alicyclic amines) is 1. The predicted octanol–water partition coefficient (Wildman–Crippen LogP) is -0.681. The van der Waals surface area contributed by atoms with Crippen molar-refractivity contribution < 1.29 is 84.0 Å². The van der Waals surface area contributed by atoms with Crippen LogP contribution in [0.4, 0.5) is 17.6 Å². The molecule has 29 heavy (non-hydrogen) atoms. The second kappa shape index (κ2) is 9.55. The first kappa shape index (κ1) is 24.5. The molecule has 0 aliphatic carbocycles. The number of halogens is 4. The largest absolute Gasteiger partial charge is 1.00 e. The van der Waals surface area contributed by atoms with Crippen LogP contribution in [0.3, 0.4) is 0 Å². The predicted molar refractivity (Wildman–Crippen MR) is 90.4 cm³/mol. The number of alkyl halides is 3. The Morgan fingerprint density at radius 3 is 2.52 bits per heavy atom. The molecule has 3 rings (SSSR count). The maximum absolute atomic E-state index is 13.4. The van der Waals surface area contributed by atoms with Crippen molar-refractivity contribution in [3.05, 3.63) is 71.0 Å². The Balaban J connectivity index is 0.00000300. The topological polar surface area (TPSA) is 63.6 Å². The summed E-state index contributed by atoms with van der Waals surface area (Å²) in [5.74, 6) is -2.14. The Morgan fingerprint density at radius 1 is 1.21 bits per heavy atom. The number of carboxylic acid groups (broad SMARTS) is 1. The van der Waals surface area contributed by atoms with Crippen molar-refractivity contribution in [2.24, 2.45) is 0 Å². The summed E-state index contributed by atoms with van der Waals surface area (Å²) in [5.41, 5.74) is -2.34. The zero-order valence-corrected chi connectivity index (χ0v) is 18.9. The van der Waals surface area contributed by atoms with E-state index in [1.165, 1.54) is 35.2 Å². The Bertz CT molecular complexity index is 877. The smallest absolute Gasteiger partial charge is 0.548 e. The van der Waals surface area contributed by atoms with Crippen LogP contribution in [0.25, 0.3) is 0 Å². The molecule has 0 bridgehead atoms. The minimum atomic E-state index is -4.72. The summed E-state index contributed by atoms with van der Waals surface area (Å²) in [7, 11) is 0. The summed E-state index contributed by atoms with van der Waals surface area (Å²) >= 11 is 0. The van der Waals surface area contributed by atoms with Crippen molar-refractivity contribution >= 4 is 5.97 Å². The van der Waals surface area contributed by atoms with Crippen molar-refractivity contribution in [2.75, 3.05) is 13.1 Å². The fourth-order valence-corrected chi connectivity index (χ4v) is 3.75. The van der Waals surface area contributed by atoms with Gasteiger partial charge in [0.05, 0.1) is 23.2 Å². The van der Waals surface area contributed by atoms with Crippen LogP contribution in [0.2, 0.25) is 0 Å². The molecule has 0 amide bonds. The van der Waals surface area contributed by atoms with Crippen LogP contribution in [-0.2, 0) is 17.4 Å². The van der Waals surface area contributed by atoms with E-state index >= 15 is 0 Å². The number of β-amino-alcohol motifs (C(OH)–C–C–N with tert-alkyl or cyclic N) is 1. The molecule has 2 atom stereocenters. The molecule has 1 aliphatic rings. The van der Waals surface area contributed by atoms with Crippen molar-refractivity contribution in [3.63, 3.8) is 0 Å². The van der Waals surface area contributed by atoms with Gasteiger partial charge in [-0.25, -0.2) is 4.39 Å². The average molecular weight is 435 g/mol. The second-order valence-electron chi connectivity index (χ2n) is 7.06. The quantitative estimate of drug-likeness (QED) is 0.500. The Kier molecular flexibility index (Phi) is 8.05. The van der Waals surface area contributed by atoms with Gasteiger partial charge in [-0.05, 0) is 35.7 Å². The molecule has 0 radical (unpaired) electrons. The van der Waals surface area contributed by atoms with Gasteiger partial charge < -0.3 is 15.0 Å². The first-order valence-electron chi connectivity index (χ1n) is 8.67. The number of aliphatic hydroxyl groups is 1. The molecule has 1 heterocycles. The number of carboxylic acids is 1. The number of rotatable bonds is 5. The van der Waals surface area contributed by atoms with Gasteiger partial charge >= 0.3 is 57.6 Å². The maximum atomic E-state index is 13.4. The number of hydrogen-bond acceptors (Lipinski definition) is 4. The van der Waals surface area contributed by atoms with Crippen molar-refractivity contribution in [1.29, 1.82) is 0 Å². The SMILES string of the molecule is O=C([O-])C(c1ccccc1C(F)(F)F)N1CCC(O)(Cc2cccc(F)c2)C1.[K+]. The molecule has 1 saturated heterocycles. The van der Waals surface area contributed by atoms with E-state index in [-0.39, 0.29) is 77.3 Å². The van der Waals surface area contributed by atoms with Crippen LogP contribution in [0.5, 0.6) is 0 Å². The van der Waals surface area contributed by atoms with Crippen LogP contribution in [0, 0.1) is 5.82 Å². The Hall–Kier alpha value is -0.814. The number of carbonyl (C=O) groups is 1. The van der Waals surface area contributed by atoms with E-state index in [1.807, 2.05) is 0 Å². The van der Waals surface area contributed by atoms with Crippen molar-refractivity contribution in [1.82, 2.24) is 4.90 Å². The maximum Gasteiger partial charge on any atom is 1.00 e. The van der Waals surface area contributed by atoms with Crippen LogP contribution in [-0.4, -0.2) is 34.7 Å². The number of benzene rings is 2. The van der Waals surface area contributed by atoms with Gasteiger partial charge in [-0.1, -0.05) is 30.3 Å². The van der Waals surface area contributed by atoms with Crippen LogP contribution >= 0.6 is 0 Å². The Morgan fingerprint density at radius 2 is 1.90 bits per heavy atom. The van der Waals surface area contributed by atoms with E-state index in [9.17, 15) is 32.6 Å². The van der Waals surface area contributed by atoms with Crippen LogP contribution in [0.15, 0.2) is 48.5 Å². The van der Waals surface area contributed by atoms with E-state index in [0.29, 0.717) is 5.56 Å². The summed E-state index contributed by atoms with van der Waals surface area (Å²) in [6.45, 7) is -0.106. The molecule has 1 N–H and O–H groups in total. The minimum Gasteiger partial charge on any atom is -0.548 e. The summed E-state index contributed by atoms with van der Waals surface area (Å²) in [6.07, 6.45) is -4.52. The monoisotopic (exact) mass is 435 g/mol. The summed E-state index contributed by atoms with van der Waals surface area (Å²) < 4.78 is 53.3. The van der Waals surface area contributed by atoms with Gasteiger partial charge in [0.25, 0.3) is 0 Å². The summed E-state index contributed by atoms with van der Waals surface area (Å²) in [5, 5.41) is 22.5. The summed E-state index contributed by atoms with van der Waals surface area (Å²) in [6, 6.07) is 8.42. The number of aliphatic carboxylic acids is 1. The third-order valence-electron chi connectivity index (χ3n) is 4.93. The van der Waals surface area contributed by atoms with Crippen LogP contribution < -0.4 is 56.5 Å². The molecule has 2 aromatic rings. The fraction of sp³-hybridized carbons (Fsp3) is 0.350. The zero-order valence-electron chi connectivity index (χ0n) is 15.7. The molecule has 2 unspecified atom stereocenters. The van der Waals surface area contributed by atoms with E-state index in [2.05, 4.69) is 0 Å². The molecule has 9 heteroatoms. The third kappa shape index (κ3) is 5.87. The van der Waals surface area contributed by atoms with Gasteiger partial charge in [0.2, 0.25) is 0 Å². The molecule has 150 valence electrons. The van der Waals surface area contributed by atoms with Gasteiger partial charge in [-0.15, -0.1) is 0 Å². The molecule has 2 aromatic carbocycles. The number of nitrogens with zero attached hydrogens (tertiary/aromatic N) is 1. The Labute approximate surface area is 207 Å². The second-order valence-corrected chi connectivity index (χ2v) is 7.06. The van der Waals surface area contributed by atoms with E-state index in [0.717, 1.165) is 12.1 Å². The van der Waals surface area contributed by atoms with Gasteiger partial charge in [-0.2, -0.15) is 13.2 Å². The molecule has 0 aromatic heterocycles. The van der Waals surface area contributed by atoms with Gasteiger partial charge in [-0.3, -0.25) is 4.90 Å². The fourth-order valence-electron chi connectivity index (χ4n) is 3.75. The minimum absolute atomic E-state index is 0. The van der Waals surface area contributed by atoms with Crippen LogP contribution in [0.1, 0.15) is 29.2 Å². The number of hydrogen-bond donors (Lipinski definition) is 1. The number of carbonyl (C=O) groups excluding carboxylic acids is 1. The average Bonchev–Trinajstić information content (AvgIpc) is 2.95. The van der Waals surface area contributed by atoms with Gasteiger partial charge in [0.15, 0.2) is 0 Å². The van der Waals surface area contributed by atoms with Gasteiger partial charge in [0.1, 0.15) is 5.82 Å². The first-order chi connectivity index (χ1) is 13.1. The molecule has 4 nitrogen and oxygen atoms in total. The van der Waals surface area contributed by atoms with Crippen molar-refractivity contribution in [3.8, 4) is 0 Å². The first-order valence-corrected chi connectivity index (χ1v) is 8.67. The summed E-state index contributed by atoms with van der Waals surface area (Å²) in [4.78, 5) is 13.0. The standard InChI is InChI=1S/C20H19F4NO3.K/c21-14-5-3-4-13(10-14)11-19(28)8-9-25(12-19)17(18(26)27)15-6-1-2-7-16(15)20(22,23)24;/h1-7,10,17,28H,8-9,11-12H2,(H,26,27);/q;+1/p-1. The van der Waals surface area contributed by atoms with E-state index < -0.39 is 40.7 Å². The normalized spacial score (nSPS) is 20.9. The molecule has 1 aliphatic heterocycles. The van der Waals surface area contributed by atoms with E-state index in [4.69, 9.17) is 0 Å².